The van der Waals surface area contributed by atoms with Gasteiger partial charge in [-0.2, -0.15) is 0 Å². The second-order valence-corrected chi connectivity index (χ2v) is 3.88. The molecule has 1 atom stereocenters. The highest BCUT2D eigenvalue weighted by molar-refractivity contribution is 7.80. The predicted octanol–water partition coefficient (Wildman–Crippen LogP) is 2.51. The number of rotatable bonds is 2. The SMILES string of the molecule is CCC1Oc2ccc([N+](=O)[O-])cc2NC1=S. The zero-order chi connectivity index (χ0) is 11.7. The summed E-state index contributed by atoms with van der Waals surface area (Å²) >= 11 is 5.11. The van der Waals surface area contributed by atoms with E-state index in [1.165, 1.54) is 12.1 Å². The number of thiocarbonyl (C=S) groups is 1. The fourth-order valence-electron chi connectivity index (χ4n) is 1.52. The molecule has 1 aliphatic rings. The number of ether oxygens (including phenoxy) is 1. The van der Waals surface area contributed by atoms with Crippen LogP contribution in [0.1, 0.15) is 13.3 Å². The summed E-state index contributed by atoms with van der Waals surface area (Å²) in [5.41, 5.74) is 0.580. The Morgan fingerprint density at radius 1 is 1.62 bits per heavy atom. The molecule has 16 heavy (non-hydrogen) atoms. The maximum atomic E-state index is 10.6. The quantitative estimate of drug-likeness (QED) is 0.487. The lowest BCUT2D eigenvalue weighted by atomic mass is 10.2. The van der Waals surface area contributed by atoms with Crippen LogP contribution in [0, 0.1) is 10.1 Å². The van der Waals surface area contributed by atoms with Crippen LogP contribution in [0.4, 0.5) is 11.4 Å². The predicted molar refractivity (Wildman–Crippen MR) is 64.0 cm³/mol. The van der Waals surface area contributed by atoms with Gasteiger partial charge in [-0.1, -0.05) is 19.1 Å². The molecule has 1 N–H and O–H groups in total. The van der Waals surface area contributed by atoms with Crippen molar-refractivity contribution in [3.05, 3.63) is 28.3 Å². The van der Waals surface area contributed by atoms with Gasteiger partial charge in [0, 0.05) is 12.1 Å². The van der Waals surface area contributed by atoms with Crippen LogP contribution in [0.3, 0.4) is 0 Å². The second-order valence-electron chi connectivity index (χ2n) is 3.44. The first-order valence-electron chi connectivity index (χ1n) is 4.87. The van der Waals surface area contributed by atoms with Gasteiger partial charge in [0.25, 0.3) is 5.69 Å². The molecular weight excluding hydrogens is 228 g/mol. The van der Waals surface area contributed by atoms with E-state index in [1.54, 1.807) is 6.07 Å². The van der Waals surface area contributed by atoms with Gasteiger partial charge in [0.2, 0.25) is 0 Å². The van der Waals surface area contributed by atoms with E-state index in [0.29, 0.717) is 16.4 Å². The van der Waals surface area contributed by atoms with E-state index in [2.05, 4.69) is 5.32 Å². The second kappa shape index (κ2) is 4.05. The number of benzene rings is 1. The van der Waals surface area contributed by atoms with Crippen LogP contribution in [0.25, 0.3) is 0 Å². The van der Waals surface area contributed by atoms with Crippen molar-refractivity contribution in [1.82, 2.24) is 0 Å². The summed E-state index contributed by atoms with van der Waals surface area (Å²) in [7, 11) is 0. The molecule has 1 aromatic carbocycles. The Kier molecular flexibility index (Phi) is 2.74. The van der Waals surface area contributed by atoms with E-state index < -0.39 is 4.92 Å². The van der Waals surface area contributed by atoms with Gasteiger partial charge >= 0.3 is 0 Å². The number of nitrogens with one attached hydrogen (secondary N) is 1. The van der Waals surface area contributed by atoms with Gasteiger partial charge in [-0.3, -0.25) is 10.1 Å². The van der Waals surface area contributed by atoms with Gasteiger partial charge in [-0.05, 0) is 12.5 Å². The summed E-state index contributed by atoms with van der Waals surface area (Å²) in [5.74, 6) is 0.603. The van der Waals surface area contributed by atoms with Gasteiger partial charge < -0.3 is 10.1 Å². The molecule has 0 radical (unpaired) electrons. The van der Waals surface area contributed by atoms with Crippen molar-refractivity contribution in [1.29, 1.82) is 0 Å². The number of nitro benzene ring substituents is 1. The highest BCUT2D eigenvalue weighted by Crippen LogP contribution is 2.33. The summed E-state index contributed by atoms with van der Waals surface area (Å²) in [6, 6.07) is 4.43. The van der Waals surface area contributed by atoms with Crippen molar-refractivity contribution in [3.63, 3.8) is 0 Å². The van der Waals surface area contributed by atoms with Crippen LogP contribution in [-0.2, 0) is 0 Å². The number of nitrogens with zero attached hydrogens (tertiary/aromatic N) is 1. The van der Waals surface area contributed by atoms with Gasteiger partial charge in [0.1, 0.15) is 16.8 Å². The molecule has 1 heterocycles. The Bertz CT molecular complexity index is 461. The molecule has 84 valence electrons. The molecule has 0 saturated carbocycles. The van der Waals surface area contributed by atoms with E-state index in [-0.39, 0.29) is 11.8 Å². The number of anilines is 1. The Morgan fingerprint density at radius 3 is 3.00 bits per heavy atom. The molecule has 0 bridgehead atoms. The van der Waals surface area contributed by atoms with E-state index >= 15 is 0 Å². The molecule has 0 amide bonds. The van der Waals surface area contributed by atoms with Crippen molar-refractivity contribution in [2.45, 2.75) is 19.4 Å². The number of hydrogen-bond donors (Lipinski definition) is 1. The maximum Gasteiger partial charge on any atom is 0.271 e. The van der Waals surface area contributed by atoms with Crippen molar-refractivity contribution in [3.8, 4) is 5.75 Å². The summed E-state index contributed by atoms with van der Waals surface area (Å²) in [6.07, 6.45) is 0.617. The first kappa shape index (κ1) is 10.8. The lowest BCUT2D eigenvalue weighted by molar-refractivity contribution is -0.384. The first-order valence-corrected chi connectivity index (χ1v) is 5.28. The third-order valence-corrected chi connectivity index (χ3v) is 2.73. The van der Waals surface area contributed by atoms with Gasteiger partial charge in [-0.15, -0.1) is 0 Å². The van der Waals surface area contributed by atoms with Crippen molar-refractivity contribution >= 4 is 28.6 Å². The Labute approximate surface area is 97.6 Å². The molecule has 2 rings (SSSR count). The highest BCUT2D eigenvalue weighted by Gasteiger charge is 2.24. The third-order valence-electron chi connectivity index (χ3n) is 2.36. The minimum absolute atomic E-state index is 0.0209. The molecule has 0 spiro atoms. The third kappa shape index (κ3) is 1.83. The lowest BCUT2D eigenvalue weighted by Gasteiger charge is -2.26. The number of nitro groups is 1. The van der Waals surface area contributed by atoms with Crippen molar-refractivity contribution in [2.24, 2.45) is 0 Å². The number of non-ortho nitro benzene ring substituents is 1. The van der Waals surface area contributed by atoms with E-state index in [9.17, 15) is 10.1 Å². The zero-order valence-corrected chi connectivity index (χ0v) is 9.41. The van der Waals surface area contributed by atoms with Crippen LogP contribution in [0.2, 0.25) is 0 Å². The average molecular weight is 238 g/mol. The highest BCUT2D eigenvalue weighted by atomic mass is 32.1. The number of hydrogen-bond acceptors (Lipinski definition) is 4. The van der Waals surface area contributed by atoms with Crippen LogP contribution < -0.4 is 10.1 Å². The fourth-order valence-corrected chi connectivity index (χ4v) is 1.85. The summed E-state index contributed by atoms with van der Waals surface area (Å²) in [5, 5.41) is 13.6. The van der Waals surface area contributed by atoms with Crippen LogP contribution in [0.5, 0.6) is 5.75 Å². The van der Waals surface area contributed by atoms with E-state index in [4.69, 9.17) is 17.0 Å². The zero-order valence-electron chi connectivity index (χ0n) is 8.60. The number of fused-ring (bicyclic) bond motifs is 1. The normalized spacial score (nSPS) is 18.3. The minimum atomic E-state index is -0.448. The lowest BCUT2D eigenvalue weighted by Crippen LogP contribution is -2.34. The smallest absolute Gasteiger partial charge is 0.271 e. The molecule has 1 aromatic rings. The molecule has 0 saturated heterocycles. The maximum absolute atomic E-state index is 10.6. The first-order chi connectivity index (χ1) is 7.61. The van der Waals surface area contributed by atoms with Gasteiger partial charge in [0.05, 0.1) is 10.6 Å². The van der Waals surface area contributed by atoms with Crippen molar-refractivity contribution in [2.75, 3.05) is 5.32 Å². The van der Waals surface area contributed by atoms with Crippen molar-refractivity contribution < 1.29 is 9.66 Å². The average Bonchev–Trinajstić information content (AvgIpc) is 2.27. The molecule has 1 unspecified atom stereocenters. The summed E-state index contributed by atoms with van der Waals surface area (Å²) in [6.45, 7) is 1.97. The topological polar surface area (TPSA) is 64.4 Å². The van der Waals surface area contributed by atoms with Gasteiger partial charge in [0.15, 0.2) is 0 Å². The molecule has 0 aromatic heterocycles. The Hall–Kier alpha value is -1.69. The minimum Gasteiger partial charge on any atom is -0.481 e. The molecule has 1 aliphatic heterocycles. The van der Waals surface area contributed by atoms with Crippen LogP contribution in [-0.4, -0.2) is 16.0 Å². The van der Waals surface area contributed by atoms with E-state index in [1.807, 2.05) is 6.92 Å². The van der Waals surface area contributed by atoms with Gasteiger partial charge in [-0.25, -0.2) is 0 Å². The van der Waals surface area contributed by atoms with E-state index in [0.717, 1.165) is 6.42 Å². The summed E-state index contributed by atoms with van der Waals surface area (Å²) < 4.78 is 5.60. The largest absolute Gasteiger partial charge is 0.481 e. The van der Waals surface area contributed by atoms with Crippen LogP contribution in [0.15, 0.2) is 18.2 Å². The fraction of sp³-hybridized carbons (Fsp3) is 0.300. The molecule has 0 aliphatic carbocycles. The monoisotopic (exact) mass is 238 g/mol. The summed E-state index contributed by atoms with van der Waals surface area (Å²) in [4.78, 5) is 10.7. The molecular formula is C10H10N2O3S. The molecule has 5 nitrogen and oxygen atoms in total. The van der Waals surface area contributed by atoms with Crippen LogP contribution >= 0.6 is 12.2 Å². The standard InChI is InChI=1S/C10H10N2O3S/c1-2-8-10(16)11-7-5-6(12(13)14)3-4-9(7)15-8/h3-5,8H,2H2,1H3,(H,11,16). The molecule has 0 fully saturated rings. The molecule has 6 heteroatoms. The Morgan fingerprint density at radius 2 is 2.38 bits per heavy atom. The Balaban J connectivity index is 2.36.